The van der Waals surface area contributed by atoms with Crippen molar-refractivity contribution in [3.05, 3.63) is 41.5 Å². The Balaban J connectivity index is 2.01. The van der Waals surface area contributed by atoms with Gasteiger partial charge in [0, 0.05) is 5.56 Å². The minimum absolute atomic E-state index is 0.149. The molecule has 136 valence electrons. The molecule has 8 heteroatoms. The van der Waals surface area contributed by atoms with Gasteiger partial charge >= 0.3 is 12.1 Å². The highest BCUT2D eigenvalue weighted by atomic mass is 32.1. The molecule has 0 radical (unpaired) electrons. The summed E-state index contributed by atoms with van der Waals surface area (Å²) in [5.41, 5.74) is 2.35. The van der Waals surface area contributed by atoms with Crippen LogP contribution in [0.1, 0.15) is 11.1 Å². The molecule has 0 aliphatic rings. The standard InChI is InChI=1S/C18H15F2NO4S/c1-9-6-11(7-10(2)15(9)25-18(19,20)17(22)23)16-21-13-5-4-12(24-3)8-14(13)26-16/h4-8H,1-3H3,(H,22,23). The summed E-state index contributed by atoms with van der Waals surface area (Å²) < 4.78 is 37.3. The van der Waals surface area contributed by atoms with E-state index < -0.39 is 12.1 Å². The molecular formula is C18H15F2NO4S. The van der Waals surface area contributed by atoms with E-state index in [1.165, 1.54) is 11.3 Å². The number of thiazole rings is 1. The van der Waals surface area contributed by atoms with Gasteiger partial charge in [-0.25, -0.2) is 9.78 Å². The van der Waals surface area contributed by atoms with E-state index in [-0.39, 0.29) is 5.75 Å². The van der Waals surface area contributed by atoms with Gasteiger partial charge < -0.3 is 14.6 Å². The summed E-state index contributed by atoms with van der Waals surface area (Å²) in [4.78, 5) is 15.1. The molecule has 5 nitrogen and oxygen atoms in total. The third kappa shape index (κ3) is 3.32. The molecule has 1 aromatic heterocycles. The van der Waals surface area contributed by atoms with Crippen LogP contribution in [0, 0.1) is 13.8 Å². The largest absolute Gasteiger partial charge is 0.501 e. The first-order valence-electron chi connectivity index (χ1n) is 7.57. The predicted octanol–water partition coefficient (Wildman–Crippen LogP) is 4.64. The maximum Gasteiger partial charge on any atom is 0.501 e. The normalized spacial score (nSPS) is 11.6. The van der Waals surface area contributed by atoms with E-state index in [9.17, 15) is 13.6 Å². The van der Waals surface area contributed by atoms with Crippen LogP contribution in [0.2, 0.25) is 0 Å². The van der Waals surface area contributed by atoms with Gasteiger partial charge in [0.05, 0.1) is 17.3 Å². The van der Waals surface area contributed by atoms with Crippen LogP contribution < -0.4 is 9.47 Å². The molecule has 3 aromatic rings. The lowest BCUT2D eigenvalue weighted by atomic mass is 10.1. The lowest BCUT2D eigenvalue weighted by Gasteiger charge is -2.17. The summed E-state index contributed by atoms with van der Waals surface area (Å²) in [6, 6.07) is 8.83. The zero-order chi connectivity index (χ0) is 19.1. The van der Waals surface area contributed by atoms with E-state index in [0.29, 0.717) is 11.1 Å². The highest BCUT2D eigenvalue weighted by molar-refractivity contribution is 7.21. The molecule has 2 aromatic carbocycles. The summed E-state index contributed by atoms with van der Waals surface area (Å²) in [5.74, 6) is -1.76. The Morgan fingerprint density at radius 3 is 2.42 bits per heavy atom. The lowest BCUT2D eigenvalue weighted by Crippen LogP contribution is -2.35. The van der Waals surface area contributed by atoms with Gasteiger partial charge in [-0.2, -0.15) is 8.78 Å². The lowest BCUT2D eigenvalue weighted by molar-refractivity contribution is -0.211. The summed E-state index contributed by atoms with van der Waals surface area (Å²) >= 11 is 1.45. The number of aliphatic carboxylic acids is 1. The predicted molar refractivity (Wildman–Crippen MR) is 94.3 cm³/mol. The Kier molecular flexibility index (Phi) is 4.53. The number of fused-ring (bicyclic) bond motifs is 1. The molecule has 3 rings (SSSR count). The monoisotopic (exact) mass is 379 g/mol. The third-order valence-corrected chi connectivity index (χ3v) is 4.85. The van der Waals surface area contributed by atoms with E-state index in [4.69, 9.17) is 9.84 Å². The zero-order valence-corrected chi connectivity index (χ0v) is 15.0. The summed E-state index contributed by atoms with van der Waals surface area (Å²) in [5, 5.41) is 9.27. The number of ether oxygens (including phenoxy) is 2. The maximum absolute atomic E-state index is 13.4. The minimum Gasteiger partial charge on any atom is -0.497 e. The van der Waals surface area contributed by atoms with Crippen LogP contribution in [0.25, 0.3) is 20.8 Å². The topological polar surface area (TPSA) is 68.7 Å². The maximum atomic E-state index is 13.4. The molecule has 0 saturated carbocycles. The molecule has 0 bridgehead atoms. The van der Waals surface area contributed by atoms with Crippen LogP contribution >= 0.6 is 11.3 Å². The van der Waals surface area contributed by atoms with Gasteiger partial charge in [0.15, 0.2) is 0 Å². The number of methoxy groups -OCH3 is 1. The Labute approximate surface area is 151 Å². The first-order valence-corrected chi connectivity index (χ1v) is 8.39. The van der Waals surface area contributed by atoms with Crippen molar-refractivity contribution in [3.63, 3.8) is 0 Å². The summed E-state index contributed by atoms with van der Waals surface area (Å²) in [6.45, 7) is 3.17. The molecule has 26 heavy (non-hydrogen) atoms. The molecular weight excluding hydrogens is 364 g/mol. The Bertz CT molecular complexity index is 977. The van der Waals surface area contributed by atoms with Crippen molar-refractivity contribution in [2.75, 3.05) is 7.11 Å². The number of nitrogens with zero attached hydrogens (tertiary/aromatic N) is 1. The van der Waals surface area contributed by atoms with E-state index in [2.05, 4.69) is 9.72 Å². The third-order valence-electron chi connectivity index (χ3n) is 3.78. The number of aryl methyl sites for hydroxylation is 2. The molecule has 0 fully saturated rings. The van der Waals surface area contributed by atoms with E-state index in [1.54, 1.807) is 33.1 Å². The van der Waals surface area contributed by atoms with Crippen LogP contribution in [0.5, 0.6) is 11.5 Å². The highest BCUT2D eigenvalue weighted by Gasteiger charge is 2.43. The van der Waals surface area contributed by atoms with Crippen LogP contribution in [-0.4, -0.2) is 29.3 Å². The van der Waals surface area contributed by atoms with Crippen LogP contribution in [-0.2, 0) is 4.79 Å². The molecule has 0 atom stereocenters. The first kappa shape index (κ1) is 18.1. The number of alkyl halides is 2. The molecule has 1 heterocycles. The molecule has 0 aliphatic heterocycles. The van der Waals surface area contributed by atoms with Crippen molar-refractivity contribution < 1.29 is 28.2 Å². The number of carboxylic acids is 1. The van der Waals surface area contributed by atoms with Crippen molar-refractivity contribution in [2.24, 2.45) is 0 Å². The number of carboxylic acid groups (broad SMARTS) is 1. The molecule has 1 N–H and O–H groups in total. The average molecular weight is 379 g/mol. The Morgan fingerprint density at radius 1 is 1.19 bits per heavy atom. The van der Waals surface area contributed by atoms with Gasteiger partial charge in [-0.15, -0.1) is 11.3 Å². The van der Waals surface area contributed by atoms with Crippen molar-refractivity contribution in [3.8, 4) is 22.1 Å². The highest BCUT2D eigenvalue weighted by Crippen LogP contribution is 2.37. The van der Waals surface area contributed by atoms with E-state index in [0.717, 1.165) is 26.5 Å². The number of aromatic nitrogens is 1. The Hall–Kier alpha value is -2.74. The van der Waals surface area contributed by atoms with Crippen molar-refractivity contribution in [1.82, 2.24) is 4.98 Å². The molecule has 0 aliphatic carbocycles. The van der Waals surface area contributed by atoms with Gasteiger partial charge in [0.1, 0.15) is 16.5 Å². The second-order valence-electron chi connectivity index (χ2n) is 5.72. The number of hydrogen-bond donors (Lipinski definition) is 1. The number of rotatable bonds is 5. The van der Waals surface area contributed by atoms with Gasteiger partial charge in [0.2, 0.25) is 0 Å². The molecule has 0 unspecified atom stereocenters. The second-order valence-corrected chi connectivity index (χ2v) is 6.75. The number of halogens is 2. The summed E-state index contributed by atoms with van der Waals surface area (Å²) in [7, 11) is 1.58. The van der Waals surface area contributed by atoms with Gasteiger partial charge in [-0.1, -0.05) is 0 Å². The van der Waals surface area contributed by atoms with Crippen LogP contribution in [0.4, 0.5) is 8.78 Å². The average Bonchev–Trinajstić information content (AvgIpc) is 3.00. The Morgan fingerprint density at radius 2 is 1.85 bits per heavy atom. The van der Waals surface area contributed by atoms with Gasteiger partial charge in [-0.05, 0) is 55.3 Å². The van der Waals surface area contributed by atoms with Gasteiger partial charge in [0.25, 0.3) is 0 Å². The quantitative estimate of drug-likeness (QED) is 0.699. The fourth-order valence-electron chi connectivity index (χ4n) is 2.56. The van der Waals surface area contributed by atoms with Crippen LogP contribution in [0.15, 0.2) is 30.3 Å². The van der Waals surface area contributed by atoms with Crippen molar-refractivity contribution in [2.45, 2.75) is 20.0 Å². The minimum atomic E-state index is -4.29. The number of benzene rings is 2. The van der Waals surface area contributed by atoms with E-state index in [1.807, 2.05) is 18.2 Å². The SMILES string of the molecule is COc1ccc2nc(-c3cc(C)c(OC(F)(F)C(=O)O)c(C)c3)sc2c1. The van der Waals surface area contributed by atoms with Crippen molar-refractivity contribution in [1.29, 1.82) is 0 Å². The molecule has 0 spiro atoms. The second kappa shape index (κ2) is 6.53. The fourth-order valence-corrected chi connectivity index (χ4v) is 3.54. The zero-order valence-electron chi connectivity index (χ0n) is 14.2. The number of hydrogen-bond acceptors (Lipinski definition) is 5. The number of carbonyl (C=O) groups is 1. The fraction of sp³-hybridized carbons (Fsp3) is 0.222. The first-order chi connectivity index (χ1) is 12.2. The van der Waals surface area contributed by atoms with E-state index >= 15 is 0 Å². The molecule has 0 saturated heterocycles. The van der Waals surface area contributed by atoms with Crippen molar-refractivity contribution >= 4 is 27.5 Å². The summed E-state index contributed by atoms with van der Waals surface area (Å²) in [6.07, 6.45) is -4.29. The smallest absolute Gasteiger partial charge is 0.497 e. The van der Waals surface area contributed by atoms with Gasteiger partial charge in [-0.3, -0.25) is 0 Å². The molecule has 0 amide bonds. The van der Waals surface area contributed by atoms with Crippen LogP contribution in [0.3, 0.4) is 0 Å².